The monoisotopic (exact) mass is 259 g/mol. The Morgan fingerprint density at radius 3 is 2.88 bits per heavy atom. The Morgan fingerprint density at radius 1 is 1.59 bits per heavy atom. The van der Waals surface area contributed by atoms with Crippen LogP contribution < -0.4 is 5.32 Å². The number of amides is 1. The highest BCUT2D eigenvalue weighted by Gasteiger charge is 2.15. The van der Waals surface area contributed by atoms with Gasteiger partial charge in [0.05, 0.1) is 16.7 Å². The molecule has 0 bridgehead atoms. The molecular weight excluding hydrogens is 245 g/mol. The number of rotatable bonds is 5. The summed E-state index contributed by atoms with van der Waals surface area (Å²) in [6.07, 6.45) is 0.608. The van der Waals surface area contributed by atoms with Gasteiger partial charge in [-0.05, 0) is 25.0 Å². The molecule has 0 radical (unpaired) electrons. The van der Waals surface area contributed by atoms with Gasteiger partial charge in [0.15, 0.2) is 0 Å². The molecular formula is C12H15ClFNO2. The molecule has 17 heavy (non-hydrogen) atoms. The third-order valence-electron chi connectivity index (χ3n) is 2.42. The number of carbonyl (C=O) groups is 1. The molecule has 94 valence electrons. The van der Waals surface area contributed by atoms with Crippen molar-refractivity contribution in [3.63, 3.8) is 0 Å². The summed E-state index contributed by atoms with van der Waals surface area (Å²) in [5.74, 6) is -1.21. The Kier molecular flexibility index (Phi) is 5.38. The first-order chi connectivity index (χ1) is 8.06. The Labute approximate surface area is 105 Å². The van der Waals surface area contributed by atoms with Crippen molar-refractivity contribution < 1.29 is 14.3 Å². The second kappa shape index (κ2) is 6.57. The largest absolute Gasteiger partial charge is 0.393 e. The molecule has 1 aromatic rings. The van der Waals surface area contributed by atoms with Crippen molar-refractivity contribution in [1.82, 2.24) is 5.32 Å². The molecule has 0 saturated heterocycles. The first-order valence-electron chi connectivity index (χ1n) is 5.46. The van der Waals surface area contributed by atoms with Crippen LogP contribution in [-0.2, 0) is 0 Å². The molecule has 0 heterocycles. The average Bonchev–Trinajstić information content (AvgIpc) is 2.28. The summed E-state index contributed by atoms with van der Waals surface area (Å²) < 4.78 is 13.4. The van der Waals surface area contributed by atoms with Crippen molar-refractivity contribution in [2.24, 2.45) is 0 Å². The van der Waals surface area contributed by atoms with E-state index >= 15 is 0 Å². The molecule has 1 aromatic carbocycles. The maximum atomic E-state index is 13.4. The fourth-order valence-electron chi connectivity index (χ4n) is 1.36. The zero-order valence-electron chi connectivity index (χ0n) is 9.54. The van der Waals surface area contributed by atoms with Crippen molar-refractivity contribution in [1.29, 1.82) is 0 Å². The first kappa shape index (κ1) is 13.9. The summed E-state index contributed by atoms with van der Waals surface area (Å²) in [6.45, 7) is 2.14. The Hall–Kier alpha value is -1.13. The zero-order chi connectivity index (χ0) is 12.8. The molecule has 1 atom stereocenters. The van der Waals surface area contributed by atoms with Crippen LogP contribution in [0.5, 0.6) is 0 Å². The van der Waals surface area contributed by atoms with Gasteiger partial charge in [-0.1, -0.05) is 24.6 Å². The molecule has 1 unspecified atom stereocenters. The lowest BCUT2D eigenvalue weighted by Gasteiger charge is -2.10. The highest BCUT2D eigenvalue weighted by molar-refractivity contribution is 6.33. The van der Waals surface area contributed by atoms with Crippen LogP contribution in [0.2, 0.25) is 5.02 Å². The standard InChI is InChI=1S/C12H15ClFNO2/c1-2-8(16)6-7-15-12(17)11-9(13)4-3-5-10(11)14/h3-5,8,16H,2,6-7H2,1H3,(H,15,17). The smallest absolute Gasteiger partial charge is 0.255 e. The van der Waals surface area contributed by atoms with Gasteiger partial charge in [0.2, 0.25) is 0 Å². The topological polar surface area (TPSA) is 49.3 Å². The van der Waals surface area contributed by atoms with E-state index < -0.39 is 17.8 Å². The fraction of sp³-hybridized carbons (Fsp3) is 0.417. The number of hydrogen-bond donors (Lipinski definition) is 2. The Balaban J connectivity index is 2.59. The van der Waals surface area contributed by atoms with Crippen LogP contribution in [-0.4, -0.2) is 23.7 Å². The van der Waals surface area contributed by atoms with Gasteiger partial charge >= 0.3 is 0 Å². The molecule has 0 saturated carbocycles. The van der Waals surface area contributed by atoms with Crippen molar-refractivity contribution in [2.45, 2.75) is 25.9 Å². The third-order valence-corrected chi connectivity index (χ3v) is 2.74. The summed E-state index contributed by atoms with van der Waals surface area (Å²) in [5.41, 5.74) is -0.153. The van der Waals surface area contributed by atoms with Crippen molar-refractivity contribution in [3.05, 3.63) is 34.6 Å². The summed E-state index contributed by atoms with van der Waals surface area (Å²) in [7, 11) is 0. The number of carbonyl (C=O) groups excluding carboxylic acids is 1. The van der Waals surface area contributed by atoms with E-state index in [0.29, 0.717) is 19.4 Å². The minimum absolute atomic E-state index is 0.0820. The summed E-state index contributed by atoms with van der Waals surface area (Å²) in [4.78, 5) is 11.6. The number of benzene rings is 1. The van der Waals surface area contributed by atoms with E-state index in [2.05, 4.69) is 5.32 Å². The quantitative estimate of drug-likeness (QED) is 0.853. The fourth-order valence-corrected chi connectivity index (χ4v) is 1.61. The van der Waals surface area contributed by atoms with E-state index in [1.807, 2.05) is 6.92 Å². The van der Waals surface area contributed by atoms with E-state index in [1.165, 1.54) is 18.2 Å². The van der Waals surface area contributed by atoms with Gasteiger partial charge in [0.1, 0.15) is 5.82 Å². The van der Waals surface area contributed by atoms with Crippen LogP contribution in [0.15, 0.2) is 18.2 Å². The minimum atomic E-state index is -0.647. The van der Waals surface area contributed by atoms with Crippen LogP contribution in [0, 0.1) is 5.82 Å². The van der Waals surface area contributed by atoms with Crippen LogP contribution >= 0.6 is 11.6 Å². The summed E-state index contributed by atoms with van der Waals surface area (Å²) in [5, 5.41) is 11.9. The molecule has 1 rings (SSSR count). The van der Waals surface area contributed by atoms with Crippen LogP contribution in [0.1, 0.15) is 30.1 Å². The first-order valence-corrected chi connectivity index (χ1v) is 5.84. The van der Waals surface area contributed by atoms with Crippen LogP contribution in [0.25, 0.3) is 0 Å². The number of halogens is 2. The predicted molar refractivity (Wildman–Crippen MR) is 64.7 cm³/mol. The van der Waals surface area contributed by atoms with E-state index in [9.17, 15) is 14.3 Å². The lowest BCUT2D eigenvalue weighted by atomic mass is 10.1. The average molecular weight is 260 g/mol. The van der Waals surface area contributed by atoms with E-state index in [1.54, 1.807) is 0 Å². The molecule has 5 heteroatoms. The van der Waals surface area contributed by atoms with Crippen LogP contribution in [0.3, 0.4) is 0 Å². The molecule has 3 nitrogen and oxygen atoms in total. The summed E-state index contributed by atoms with van der Waals surface area (Å²) in [6, 6.07) is 4.08. The third kappa shape index (κ3) is 3.98. The van der Waals surface area contributed by atoms with Crippen LogP contribution in [0.4, 0.5) is 4.39 Å². The maximum absolute atomic E-state index is 13.4. The number of aliphatic hydroxyl groups is 1. The molecule has 1 amide bonds. The number of aliphatic hydroxyl groups excluding tert-OH is 1. The van der Waals surface area contributed by atoms with Gasteiger partial charge < -0.3 is 10.4 Å². The summed E-state index contributed by atoms with van der Waals surface area (Å²) >= 11 is 5.74. The highest BCUT2D eigenvalue weighted by Crippen LogP contribution is 2.18. The Morgan fingerprint density at radius 2 is 2.29 bits per heavy atom. The zero-order valence-corrected chi connectivity index (χ0v) is 10.3. The Bertz CT molecular complexity index is 378. The number of hydrogen-bond acceptors (Lipinski definition) is 2. The van der Waals surface area contributed by atoms with Gasteiger partial charge in [-0.25, -0.2) is 4.39 Å². The van der Waals surface area contributed by atoms with Gasteiger partial charge in [-0.3, -0.25) is 4.79 Å². The van der Waals surface area contributed by atoms with Crippen molar-refractivity contribution in [2.75, 3.05) is 6.54 Å². The molecule has 0 spiro atoms. The molecule has 0 aromatic heterocycles. The molecule has 0 aliphatic heterocycles. The second-order valence-corrected chi connectivity index (χ2v) is 4.11. The lowest BCUT2D eigenvalue weighted by Crippen LogP contribution is -2.28. The van der Waals surface area contributed by atoms with Gasteiger partial charge in [-0.15, -0.1) is 0 Å². The molecule has 0 aliphatic carbocycles. The van der Waals surface area contributed by atoms with Gasteiger partial charge in [-0.2, -0.15) is 0 Å². The van der Waals surface area contributed by atoms with Crippen molar-refractivity contribution in [3.8, 4) is 0 Å². The van der Waals surface area contributed by atoms with E-state index in [-0.39, 0.29) is 10.6 Å². The predicted octanol–water partition coefficient (Wildman–Crippen LogP) is 2.37. The maximum Gasteiger partial charge on any atom is 0.255 e. The van der Waals surface area contributed by atoms with E-state index in [0.717, 1.165) is 0 Å². The normalized spacial score (nSPS) is 12.2. The number of nitrogens with one attached hydrogen (secondary N) is 1. The molecule has 0 aliphatic rings. The van der Waals surface area contributed by atoms with Crippen molar-refractivity contribution >= 4 is 17.5 Å². The molecule has 2 N–H and O–H groups in total. The minimum Gasteiger partial charge on any atom is -0.393 e. The van der Waals surface area contributed by atoms with E-state index in [4.69, 9.17) is 11.6 Å². The molecule has 0 fully saturated rings. The lowest BCUT2D eigenvalue weighted by molar-refractivity contribution is 0.0938. The highest BCUT2D eigenvalue weighted by atomic mass is 35.5. The van der Waals surface area contributed by atoms with Gasteiger partial charge in [0.25, 0.3) is 5.91 Å². The SMILES string of the molecule is CCC(O)CCNC(=O)c1c(F)cccc1Cl. The van der Waals surface area contributed by atoms with Gasteiger partial charge in [0, 0.05) is 6.54 Å². The second-order valence-electron chi connectivity index (χ2n) is 3.70.